The molecule has 0 unspecified atom stereocenters. The minimum atomic E-state index is -0.541. The summed E-state index contributed by atoms with van der Waals surface area (Å²) in [5.74, 6) is 0.969. The number of carbonyl (C=O) groups excluding carboxylic acids is 1. The minimum Gasteiger partial charge on any atom is -0.444 e. The first-order chi connectivity index (χ1) is 11.6. The van der Waals surface area contributed by atoms with Crippen molar-refractivity contribution < 1.29 is 14.1 Å². The van der Waals surface area contributed by atoms with Gasteiger partial charge in [-0.1, -0.05) is 11.2 Å². The molecule has 2 aromatic rings. The van der Waals surface area contributed by atoms with Crippen molar-refractivity contribution in [3.63, 3.8) is 0 Å². The summed E-state index contributed by atoms with van der Waals surface area (Å²) in [5, 5.41) is 3.95. The lowest BCUT2D eigenvalue weighted by molar-refractivity contribution is 0.0234. The van der Waals surface area contributed by atoms with E-state index < -0.39 is 11.7 Å². The summed E-state index contributed by atoms with van der Waals surface area (Å²) in [6.07, 6.45) is 2.10. The van der Waals surface area contributed by atoms with E-state index in [-0.39, 0.29) is 11.6 Å². The van der Waals surface area contributed by atoms with Gasteiger partial charge in [-0.25, -0.2) is 4.79 Å². The maximum absolute atomic E-state index is 12.1. The second kappa shape index (κ2) is 7.50. The van der Waals surface area contributed by atoms with Gasteiger partial charge in [-0.05, 0) is 33.3 Å². The molecule has 136 valence electrons. The molecule has 0 spiro atoms. The zero-order valence-corrected chi connectivity index (χ0v) is 15.2. The average Bonchev–Trinajstić information content (AvgIpc) is 2.94. The van der Waals surface area contributed by atoms with Crippen LogP contribution in [-0.2, 0) is 17.6 Å². The van der Waals surface area contributed by atoms with Gasteiger partial charge >= 0.3 is 6.09 Å². The van der Waals surface area contributed by atoms with Crippen molar-refractivity contribution in [1.82, 2.24) is 20.0 Å². The summed E-state index contributed by atoms with van der Waals surface area (Å²) in [7, 11) is 1.68. The molecule has 0 aliphatic rings. The van der Waals surface area contributed by atoms with Crippen LogP contribution in [-0.4, -0.2) is 44.8 Å². The van der Waals surface area contributed by atoms with E-state index in [0.29, 0.717) is 24.6 Å². The normalized spacial score (nSPS) is 12.7. The lowest BCUT2D eigenvalue weighted by Crippen LogP contribution is -2.40. The lowest BCUT2D eigenvalue weighted by atomic mass is 10.2. The highest BCUT2D eigenvalue weighted by molar-refractivity contribution is 5.68. The molecule has 0 fully saturated rings. The number of amides is 1. The maximum Gasteiger partial charge on any atom is 0.410 e. The van der Waals surface area contributed by atoms with Gasteiger partial charge in [0.1, 0.15) is 5.60 Å². The van der Waals surface area contributed by atoms with Gasteiger partial charge in [0.05, 0.1) is 6.42 Å². The van der Waals surface area contributed by atoms with E-state index in [9.17, 15) is 9.59 Å². The van der Waals surface area contributed by atoms with Crippen LogP contribution in [0.3, 0.4) is 0 Å². The second-order valence-corrected chi connectivity index (χ2v) is 6.99. The summed E-state index contributed by atoms with van der Waals surface area (Å²) in [6.45, 7) is 7.37. The summed E-state index contributed by atoms with van der Waals surface area (Å²) in [5.41, 5.74) is 0.170. The van der Waals surface area contributed by atoms with Gasteiger partial charge < -0.3 is 19.1 Å². The Balaban J connectivity index is 1.94. The molecule has 1 atom stereocenters. The molecule has 0 aromatic carbocycles. The Morgan fingerprint density at radius 2 is 2.12 bits per heavy atom. The monoisotopic (exact) mass is 348 g/mol. The van der Waals surface area contributed by atoms with Crippen molar-refractivity contribution in [3.05, 3.63) is 46.0 Å². The molecule has 1 amide bonds. The zero-order valence-electron chi connectivity index (χ0n) is 15.2. The van der Waals surface area contributed by atoms with Crippen LogP contribution in [0, 0.1) is 0 Å². The Kier molecular flexibility index (Phi) is 5.61. The molecule has 0 saturated heterocycles. The third kappa shape index (κ3) is 5.74. The van der Waals surface area contributed by atoms with Crippen LogP contribution in [0.2, 0.25) is 0 Å². The van der Waals surface area contributed by atoms with E-state index in [1.165, 1.54) is 11.0 Å². The number of carbonyl (C=O) groups is 1. The fourth-order valence-corrected chi connectivity index (χ4v) is 2.09. The molecule has 25 heavy (non-hydrogen) atoms. The van der Waals surface area contributed by atoms with E-state index in [2.05, 4.69) is 15.1 Å². The van der Waals surface area contributed by atoms with Gasteiger partial charge in [0.25, 0.3) is 0 Å². The standard InChI is InChI=1S/C17H24N4O4/c1-11(21(5)16(23)24-17(2,3)4)8-13-19-15(25-20-13)9-12-6-7-14(22)18-10-12/h6-7,10-11H,8-9H2,1-5H3,(H,18,22)/t11-/m1/s1. The van der Waals surface area contributed by atoms with Gasteiger partial charge in [-0.2, -0.15) is 4.98 Å². The molecule has 1 N–H and O–H groups in total. The summed E-state index contributed by atoms with van der Waals surface area (Å²) in [4.78, 5) is 31.6. The molecule has 8 nitrogen and oxygen atoms in total. The average molecular weight is 348 g/mol. The number of rotatable bonds is 5. The van der Waals surface area contributed by atoms with Gasteiger partial charge in [-0.15, -0.1) is 0 Å². The van der Waals surface area contributed by atoms with Gasteiger partial charge in [0, 0.05) is 31.8 Å². The van der Waals surface area contributed by atoms with E-state index in [0.717, 1.165) is 5.56 Å². The fraction of sp³-hybridized carbons (Fsp3) is 0.529. The predicted molar refractivity (Wildman–Crippen MR) is 91.3 cm³/mol. The molecule has 0 radical (unpaired) electrons. The number of hydrogen-bond donors (Lipinski definition) is 1. The lowest BCUT2D eigenvalue weighted by Gasteiger charge is -2.28. The SMILES string of the molecule is C[C@H](Cc1noc(Cc2ccc(=O)[nH]c2)n1)N(C)C(=O)OC(C)(C)C. The number of H-pyrrole nitrogens is 1. The van der Waals surface area contributed by atoms with Crippen LogP contribution < -0.4 is 5.56 Å². The van der Waals surface area contributed by atoms with Crippen molar-refractivity contribution in [1.29, 1.82) is 0 Å². The summed E-state index contributed by atoms with van der Waals surface area (Å²) >= 11 is 0. The molecule has 0 saturated carbocycles. The third-order valence-corrected chi connectivity index (χ3v) is 3.53. The van der Waals surface area contributed by atoms with E-state index >= 15 is 0 Å². The number of nitrogens with zero attached hydrogens (tertiary/aromatic N) is 3. The number of pyridine rings is 1. The quantitative estimate of drug-likeness (QED) is 0.888. The molecular formula is C17H24N4O4. The second-order valence-electron chi connectivity index (χ2n) is 6.99. The topological polar surface area (TPSA) is 101 Å². The van der Waals surface area contributed by atoms with Crippen molar-refractivity contribution >= 4 is 6.09 Å². The molecule has 0 aliphatic heterocycles. The molecule has 2 heterocycles. The van der Waals surface area contributed by atoms with E-state index in [4.69, 9.17) is 9.26 Å². The Morgan fingerprint density at radius 1 is 1.40 bits per heavy atom. The van der Waals surface area contributed by atoms with Crippen LogP contribution >= 0.6 is 0 Å². The van der Waals surface area contributed by atoms with Crippen molar-refractivity contribution in [3.8, 4) is 0 Å². The highest BCUT2D eigenvalue weighted by atomic mass is 16.6. The molecule has 2 rings (SSSR count). The minimum absolute atomic E-state index is 0.145. The number of nitrogens with one attached hydrogen (secondary N) is 1. The summed E-state index contributed by atoms with van der Waals surface area (Å²) in [6, 6.07) is 3.01. The summed E-state index contributed by atoms with van der Waals surface area (Å²) < 4.78 is 10.6. The largest absolute Gasteiger partial charge is 0.444 e. The number of aromatic amines is 1. The highest BCUT2D eigenvalue weighted by Gasteiger charge is 2.24. The molecule has 0 bridgehead atoms. The number of hydrogen-bond acceptors (Lipinski definition) is 6. The van der Waals surface area contributed by atoms with Crippen LogP contribution in [0.15, 0.2) is 27.6 Å². The first-order valence-electron chi connectivity index (χ1n) is 8.09. The van der Waals surface area contributed by atoms with Crippen molar-refractivity contribution in [2.45, 2.75) is 52.2 Å². The predicted octanol–water partition coefficient (Wildman–Crippen LogP) is 2.15. The zero-order chi connectivity index (χ0) is 18.6. The smallest absolute Gasteiger partial charge is 0.410 e. The van der Waals surface area contributed by atoms with Gasteiger partial charge in [-0.3, -0.25) is 4.79 Å². The van der Waals surface area contributed by atoms with Crippen LogP contribution in [0.1, 0.15) is 45.0 Å². The van der Waals surface area contributed by atoms with Crippen molar-refractivity contribution in [2.75, 3.05) is 7.05 Å². The molecule has 2 aromatic heterocycles. The Labute approximate surface area is 146 Å². The van der Waals surface area contributed by atoms with Gasteiger partial charge in [0.2, 0.25) is 11.4 Å². The maximum atomic E-state index is 12.1. The fourth-order valence-electron chi connectivity index (χ4n) is 2.09. The first-order valence-corrected chi connectivity index (χ1v) is 8.09. The van der Waals surface area contributed by atoms with Crippen LogP contribution in [0.25, 0.3) is 0 Å². The van der Waals surface area contributed by atoms with Gasteiger partial charge in [0.15, 0.2) is 5.82 Å². The molecular weight excluding hydrogens is 324 g/mol. The van der Waals surface area contributed by atoms with Crippen molar-refractivity contribution in [2.24, 2.45) is 0 Å². The number of aromatic nitrogens is 3. The first kappa shape index (κ1) is 18.7. The van der Waals surface area contributed by atoms with Crippen LogP contribution in [0.5, 0.6) is 0 Å². The Hall–Kier alpha value is -2.64. The van der Waals surface area contributed by atoms with E-state index in [1.54, 1.807) is 19.3 Å². The number of likely N-dealkylation sites (N-methyl/N-ethyl adjacent to an activating group) is 1. The third-order valence-electron chi connectivity index (χ3n) is 3.53. The number of ether oxygens (including phenoxy) is 1. The van der Waals surface area contributed by atoms with E-state index in [1.807, 2.05) is 27.7 Å². The molecule has 8 heteroatoms. The highest BCUT2D eigenvalue weighted by Crippen LogP contribution is 2.13. The van der Waals surface area contributed by atoms with Crippen LogP contribution in [0.4, 0.5) is 4.79 Å². The molecule has 0 aliphatic carbocycles. The Bertz CT molecular complexity index is 755. The Morgan fingerprint density at radius 3 is 2.72 bits per heavy atom.